The van der Waals surface area contributed by atoms with Gasteiger partial charge in [0.05, 0.1) is 16.3 Å². The van der Waals surface area contributed by atoms with E-state index in [4.69, 9.17) is 5.14 Å². The number of primary sulfonamides is 1. The molecular weight excluding hydrogens is 436 g/mol. The summed E-state index contributed by atoms with van der Waals surface area (Å²) in [6.07, 6.45) is 2.80. The van der Waals surface area contributed by atoms with Crippen molar-refractivity contribution in [1.82, 2.24) is 5.32 Å². The number of nitrogens with zero attached hydrogens (tertiary/aromatic N) is 1. The second-order valence-electron chi connectivity index (χ2n) is 7.71. The Morgan fingerprint density at radius 3 is 2.32 bits per heavy atom. The number of nitrogens with two attached hydrogens (primary N) is 1. The molecule has 0 aromatic heterocycles. The maximum absolute atomic E-state index is 11.8. The molecule has 0 aliphatic carbocycles. The van der Waals surface area contributed by atoms with Gasteiger partial charge in [-0.15, -0.1) is 0 Å². The molecule has 0 amide bonds. The summed E-state index contributed by atoms with van der Waals surface area (Å²) in [5, 5.41) is 8.70. The van der Waals surface area contributed by atoms with E-state index < -0.39 is 20.0 Å². The van der Waals surface area contributed by atoms with Gasteiger partial charge in [-0.1, -0.05) is 18.2 Å². The van der Waals surface area contributed by atoms with Crippen LogP contribution in [0.1, 0.15) is 25.3 Å². The summed E-state index contributed by atoms with van der Waals surface area (Å²) in [6.45, 7) is 4.21. The largest absolute Gasteiger partial charge is 0.371 e. The van der Waals surface area contributed by atoms with Crippen molar-refractivity contribution >= 4 is 31.4 Å². The van der Waals surface area contributed by atoms with Gasteiger partial charge in [-0.05, 0) is 68.6 Å². The topological polar surface area (TPSA) is 122 Å². The lowest BCUT2D eigenvalue weighted by molar-refractivity contribution is 0.417. The Bertz CT molecular complexity index is 1080. The molecular formula is C21H30N4O4S2. The van der Waals surface area contributed by atoms with Crippen LogP contribution in [-0.2, 0) is 26.5 Å². The summed E-state index contributed by atoms with van der Waals surface area (Å²) in [5.74, 6) is 0.0462. The summed E-state index contributed by atoms with van der Waals surface area (Å²) in [6, 6.07) is 14.6. The summed E-state index contributed by atoms with van der Waals surface area (Å²) in [7, 11) is -6.94. The molecule has 1 aliphatic rings. The van der Waals surface area contributed by atoms with Gasteiger partial charge in [0.25, 0.3) is 0 Å². The van der Waals surface area contributed by atoms with Crippen LogP contribution in [0.15, 0.2) is 53.4 Å². The zero-order valence-corrected chi connectivity index (χ0v) is 19.3. The summed E-state index contributed by atoms with van der Waals surface area (Å²) in [4.78, 5) is 2.40. The second-order valence-corrected chi connectivity index (χ2v) is 11.3. The first-order valence-electron chi connectivity index (χ1n) is 10.4. The number of piperidine rings is 1. The molecule has 170 valence electrons. The third-order valence-corrected chi connectivity index (χ3v) is 7.69. The molecule has 0 unspecified atom stereocenters. The van der Waals surface area contributed by atoms with E-state index in [9.17, 15) is 16.8 Å². The molecule has 1 aliphatic heterocycles. The number of hydrogen-bond donors (Lipinski definition) is 3. The maximum Gasteiger partial charge on any atom is 0.238 e. The third kappa shape index (κ3) is 6.93. The molecule has 3 rings (SSSR count). The Kier molecular flexibility index (Phi) is 7.58. The molecule has 0 atom stereocenters. The molecule has 4 N–H and O–H groups in total. The van der Waals surface area contributed by atoms with Gasteiger partial charge in [0.15, 0.2) is 0 Å². The standard InChI is InChI=1S/C21H30N4O4S2/c1-2-30(26,27)24-19-4-3-5-20(16-19)25-14-11-18(12-15-25)23-13-10-17-6-8-21(9-7-17)31(22,28)29/h3-9,16,18,23-24H,2,10-15H2,1H3,(H2,22,28,29). The molecule has 2 aromatic rings. The Morgan fingerprint density at radius 2 is 1.71 bits per heavy atom. The van der Waals surface area contributed by atoms with Crippen LogP contribution in [-0.4, -0.2) is 48.3 Å². The van der Waals surface area contributed by atoms with Crippen LogP contribution in [0.3, 0.4) is 0 Å². The van der Waals surface area contributed by atoms with Gasteiger partial charge in [-0.2, -0.15) is 0 Å². The van der Waals surface area contributed by atoms with Gasteiger partial charge in [-0.3, -0.25) is 4.72 Å². The van der Waals surface area contributed by atoms with Gasteiger partial charge >= 0.3 is 0 Å². The van der Waals surface area contributed by atoms with E-state index in [0.717, 1.165) is 50.1 Å². The molecule has 10 heteroatoms. The third-order valence-electron chi connectivity index (χ3n) is 5.46. The van der Waals surface area contributed by atoms with Crippen molar-refractivity contribution < 1.29 is 16.8 Å². The second kappa shape index (κ2) is 9.99. The van der Waals surface area contributed by atoms with E-state index in [2.05, 4.69) is 14.9 Å². The van der Waals surface area contributed by atoms with Crippen molar-refractivity contribution in [3.63, 3.8) is 0 Å². The molecule has 31 heavy (non-hydrogen) atoms. The molecule has 1 heterocycles. The first-order valence-corrected chi connectivity index (χ1v) is 13.6. The lowest BCUT2D eigenvalue weighted by Crippen LogP contribution is -2.43. The Hall–Kier alpha value is -2.14. The van der Waals surface area contributed by atoms with Crippen molar-refractivity contribution in [2.75, 3.05) is 35.0 Å². The van der Waals surface area contributed by atoms with Crippen molar-refractivity contribution in [2.24, 2.45) is 5.14 Å². The van der Waals surface area contributed by atoms with E-state index in [1.54, 1.807) is 25.1 Å². The van der Waals surface area contributed by atoms with E-state index in [1.165, 1.54) is 12.1 Å². The molecule has 0 saturated carbocycles. The highest BCUT2D eigenvalue weighted by Gasteiger charge is 2.19. The number of anilines is 2. The SMILES string of the molecule is CCS(=O)(=O)Nc1cccc(N2CCC(NCCc3ccc(S(N)(=O)=O)cc3)CC2)c1. The molecule has 0 radical (unpaired) electrons. The quantitative estimate of drug-likeness (QED) is 0.519. The molecule has 1 fully saturated rings. The van der Waals surface area contributed by atoms with Crippen molar-refractivity contribution in [2.45, 2.75) is 37.1 Å². The van der Waals surface area contributed by atoms with Gasteiger partial charge < -0.3 is 10.2 Å². The molecule has 0 bridgehead atoms. The number of hydrogen-bond acceptors (Lipinski definition) is 6. The van der Waals surface area contributed by atoms with Gasteiger partial charge in [-0.25, -0.2) is 22.0 Å². The van der Waals surface area contributed by atoms with Crippen LogP contribution in [0, 0.1) is 0 Å². The summed E-state index contributed by atoms with van der Waals surface area (Å²) in [5.41, 5.74) is 2.67. The summed E-state index contributed by atoms with van der Waals surface area (Å²) < 4.78 is 48.8. The Morgan fingerprint density at radius 1 is 1.03 bits per heavy atom. The predicted molar refractivity (Wildman–Crippen MR) is 124 cm³/mol. The predicted octanol–water partition coefficient (Wildman–Crippen LogP) is 1.90. The molecule has 1 saturated heterocycles. The fourth-order valence-corrected chi connectivity index (χ4v) is 4.77. The van der Waals surface area contributed by atoms with Crippen molar-refractivity contribution in [3.05, 3.63) is 54.1 Å². The Balaban J connectivity index is 1.46. The average molecular weight is 467 g/mol. The molecule has 2 aromatic carbocycles. The van der Waals surface area contributed by atoms with Crippen LogP contribution < -0.4 is 20.1 Å². The zero-order valence-electron chi connectivity index (χ0n) is 17.6. The first kappa shape index (κ1) is 23.5. The van der Waals surface area contributed by atoms with Gasteiger partial charge in [0.2, 0.25) is 20.0 Å². The fourth-order valence-electron chi connectivity index (χ4n) is 3.63. The number of rotatable bonds is 9. The molecule has 0 spiro atoms. The summed E-state index contributed by atoms with van der Waals surface area (Å²) >= 11 is 0. The van der Waals surface area contributed by atoms with Crippen LogP contribution in [0.5, 0.6) is 0 Å². The minimum absolute atomic E-state index is 0.0462. The van der Waals surface area contributed by atoms with Crippen LogP contribution in [0.25, 0.3) is 0 Å². The number of benzene rings is 2. The van der Waals surface area contributed by atoms with Gasteiger partial charge in [0.1, 0.15) is 0 Å². The van der Waals surface area contributed by atoms with Crippen LogP contribution in [0.2, 0.25) is 0 Å². The average Bonchev–Trinajstić information content (AvgIpc) is 2.74. The highest BCUT2D eigenvalue weighted by molar-refractivity contribution is 7.92. The Labute approximate surface area is 184 Å². The van der Waals surface area contributed by atoms with Crippen LogP contribution in [0.4, 0.5) is 11.4 Å². The molecule has 8 nitrogen and oxygen atoms in total. The van der Waals surface area contributed by atoms with E-state index in [1.807, 2.05) is 18.2 Å². The highest BCUT2D eigenvalue weighted by atomic mass is 32.2. The monoisotopic (exact) mass is 466 g/mol. The van der Waals surface area contributed by atoms with E-state index >= 15 is 0 Å². The zero-order chi connectivity index (χ0) is 22.5. The first-order chi connectivity index (χ1) is 14.7. The lowest BCUT2D eigenvalue weighted by atomic mass is 10.0. The van der Waals surface area contributed by atoms with Gasteiger partial charge in [0, 0.05) is 24.8 Å². The maximum atomic E-state index is 11.8. The minimum atomic E-state index is -3.65. The number of sulfonamides is 2. The number of nitrogens with one attached hydrogen (secondary N) is 2. The van der Waals surface area contributed by atoms with E-state index in [0.29, 0.717) is 11.7 Å². The fraction of sp³-hybridized carbons (Fsp3) is 0.429. The van der Waals surface area contributed by atoms with Crippen molar-refractivity contribution in [3.8, 4) is 0 Å². The lowest BCUT2D eigenvalue weighted by Gasteiger charge is -2.34. The smallest absolute Gasteiger partial charge is 0.238 e. The van der Waals surface area contributed by atoms with Crippen LogP contribution >= 0.6 is 0 Å². The minimum Gasteiger partial charge on any atom is -0.371 e. The van der Waals surface area contributed by atoms with E-state index in [-0.39, 0.29) is 10.6 Å². The van der Waals surface area contributed by atoms with Crippen molar-refractivity contribution in [1.29, 1.82) is 0 Å². The normalized spacial score (nSPS) is 15.7. The highest BCUT2D eigenvalue weighted by Crippen LogP contribution is 2.24.